The van der Waals surface area contributed by atoms with Crippen molar-refractivity contribution < 1.29 is 8.42 Å². The second-order valence-electron chi connectivity index (χ2n) is 6.12. The van der Waals surface area contributed by atoms with Gasteiger partial charge in [-0.2, -0.15) is 9.40 Å². The van der Waals surface area contributed by atoms with Crippen molar-refractivity contribution in [2.45, 2.75) is 38.6 Å². The van der Waals surface area contributed by atoms with E-state index in [0.717, 1.165) is 53.4 Å². The molecule has 1 atom stereocenters. The summed E-state index contributed by atoms with van der Waals surface area (Å²) in [4.78, 5) is 4.56. The molecule has 0 bridgehead atoms. The number of nitrogens with zero attached hydrogens (tertiary/aromatic N) is 4. The number of aromatic nitrogens is 3. The van der Waals surface area contributed by atoms with E-state index in [2.05, 4.69) is 15.4 Å². The fourth-order valence-corrected chi connectivity index (χ4v) is 5.38. The summed E-state index contributed by atoms with van der Waals surface area (Å²) in [5.41, 5.74) is 1.88. The van der Waals surface area contributed by atoms with Gasteiger partial charge in [-0.25, -0.2) is 18.1 Å². The number of piperidine rings is 1. The van der Waals surface area contributed by atoms with Crippen LogP contribution in [0.1, 0.15) is 31.4 Å². The number of sulfonamides is 1. The van der Waals surface area contributed by atoms with Gasteiger partial charge >= 0.3 is 0 Å². The van der Waals surface area contributed by atoms with Crippen molar-refractivity contribution in [3.8, 4) is 0 Å². The number of hydrogen-bond acceptors (Lipinski definition) is 6. The molecule has 0 saturated carbocycles. The van der Waals surface area contributed by atoms with Crippen molar-refractivity contribution in [1.82, 2.24) is 19.1 Å². The van der Waals surface area contributed by atoms with Crippen LogP contribution in [-0.4, -0.2) is 52.9 Å². The van der Waals surface area contributed by atoms with Gasteiger partial charge in [0.1, 0.15) is 0 Å². The standard InChI is InChI=1S/C14H23N5O2S2/c1-10-12-13(18(2)17-10)16-14(22-12)15-8-7-11-6-4-5-9-19(11)23(3,20)21/h11H,4-9H2,1-3H3,(H,15,16)/t11-/m1/s1. The van der Waals surface area contributed by atoms with Gasteiger partial charge in [0.25, 0.3) is 0 Å². The van der Waals surface area contributed by atoms with Crippen LogP contribution in [-0.2, 0) is 17.1 Å². The molecular formula is C14H23N5O2S2. The van der Waals surface area contributed by atoms with Crippen LogP contribution >= 0.6 is 11.3 Å². The summed E-state index contributed by atoms with van der Waals surface area (Å²) in [6.45, 7) is 3.36. The lowest BCUT2D eigenvalue weighted by Gasteiger charge is -2.33. The summed E-state index contributed by atoms with van der Waals surface area (Å²) >= 11 is 1.60. The number of hydrogen-bond donors (Lipinski definition) is 1. The highest BCUT2D eigenvalue weighted by atomic mass is 32.2. The van der Waals surface area contributed by atoms with Crippen molar-refractivity contribution in [1.29, 1.82) is 0 Å². The van der Waals surface area contributed by atoms with Crippen LogP contribution in [0.3, 0.4) is 0 Å². The molecule has 0 unspecified atom stereocenters. The Morgan fingerprint density at radius 2 is 2.17 bits per heavy atom. The van der Waals surface area contributed by atoms with E-state index in [1.54, 1.807) is 20.3 Å². The van der Waals surface area contributed by atoms with Crippen LogP contribution < -0.4 is 5.32 Å². The van der Waals surface area contributed by atoms with Gasteiger partial charge in [-0.3, -0.25) is 0 Å². The Morgan fingerprint density at radius 1 is 1.39 bits per heavy atom. The van der Waals surface area contributed by atoms with E-state index in [1.165, 1.54) is 6.26 Å². The zero-order valence-electron chi connectivity index (χ0n) is 13.7. The smallest absolute Gasteiger partial charge is 0.211 e. The predicted octanol–water partition coefficient (Wildman–Crippen LogP) is 1.95. The fourth-order valence-electron chi connectivity index (χ4n) is 3.21. The first-order valence-electron chi connectivity index (χ1n) is 7.87. The molecule has 1 saturated heterocycles. The summed E-state index contributed by atoms with van der Waals surface area (Å²) in [5, 5.41) is 8.56. The summed E-state index contributed by atoms with van der Waals surface area (Å²) in [5.74, 6) is 0. The largest absolute Gasteiger partial charge is 0.361 e. The molecule has 1 fully saturated rings. The average molecular weight is 358 g/mol. The van der Waals surface area contributed by atoms with Gasteiger partial charge in [0.15, 0.2) is 10.8 Å². The molecule has 2 aromatic heterocycles. The Hall–Kier alpha value is -1.19. The lowest BCUT2D eigenvalue weighted by Crippen LogP contribution is -2.43. The van der Waals surface area contributed by atoms with Crippen molar-refractivity contribution >= 4 is 36.8 Å². The first-order chi connectivity index (χ1) is 10.9. The third-order valence-electron chi connectivity index (χ3n) is 4.30. The summed E-state index contributed by atoms with van der Waals surface area (Å²) in [6, 6.07) is 0.101. The molecule has 1 aliphatic rings. The molecule has 0 radical (unpaired) electrons. The maximum absolute atomic E-state index is 11.9. The second-order valence-corrected chi connectivity index (χ2v) is 9.05. The van der Waals surface area contributed by atoms with Gasteiger partial charge < -0.3 is 5.32 Å². The molecule has 2 aromatic rings. The minimum atomic E-state index is -3.11. The van der Waals surface area contributed by atoms with E-state index in [1.807, 2.05) is 14.0 Å². The maximum Gasteiger partial charge on any atom is 0.211 e. The molecule has 9 heteroatoms. The Kier molecular flexibility index (Phi) is 4.61. The third-order valence-corrected chi connectivity index (χ3v) is 6.74. The van der Waals surface area contributed by atoms with E-state index in [-0.39, 0.29) is 6.04 Å². The normalized spacial score (nSPS) is 20.2. The molecule has 0 spiro atoms. The molecule has 7 nitrogen and oxygen atoms in total. The van der Waals surface area contributed by atoms with Crippen molar-refractivity contribution in [2.24, 2.45) is 7.05 Å². The average Bonchev–Trinajstić information content (AvgIpc) is 3.01. The molecule has 3 heterocycles. The summed E-state index contributed by atoms with van der Waals surface area (Å²) < 4.78 is 28.3. The monoisotopic (exact) mass is 357 g/mol. The molecule has 128 valence electrons. The number of thiazole rings is 1. The zero-order valence-corrected chi connectivity index (χ0v) is 15.4. The summed E-state index contributed by atoms with van der Waals surface area (Å²) in [7, 11) is -1.22. The molecule has 23 heavy (non-hydrogen) atoms. The van der Waals surface area contributed by atoms with Crippen LogP contribution in [0.5, 0.6) is 0 Å². The Labute approximate surface area is 140 Å². The van der Waals surface area contributed by atoms with Gasteiger partial charge in [0.05, 0.1) is 16.6 Å². The number of rotatable bonds is 5. The summed E-state index contributed by atoms with van der Waals surface area (Å²) in [6.07, 6.45) is 5.11. The number of anilines is 1. The second kappa shape index (κ2) is 6.37. The lowest BCUT2D eigenvalue weighted by atomic mass is 10.0. The van der Waals surface area contributed by atoms with E-state index < -0.39 is 10.0 Å². The van der Waals surface area contributed by atoms with E-state index in [9.17, 15) is 8.42 Å². The molecule has 1 N–H and O–H groups in total. The first-order valence-corrected chi connectivity index (χ1v) is 10.5. The lowest BCUT2D eigenvalue weighted by molar-refractivity contribution is 0.246. The highest BCUT2D eigenvalue weighted by Crippen LogP contribution is 2.28. The topological polar surface area (TPSA) is 80.1 Å². The van der Waals surface area contributed by atoms with Crippen molar-refractivity contribution in [3.63, 3.8) is 0 Å². The molecule has 0 amide bonds. The van der Waals surface area contributed by atoms with Gasteiger partial charge in [-0.1, -0.05) is 17.8 Å². The fraction of sp³-hybridized carbons (Fsp3) is 0.714. The minimum absolute atomic E-state index is 0.101. The van der Waals surface area contributed by atoms with E-state index >= 15 is 0 Å². The number of fused-ring (bicyclic) bond motifs is 1. The van der Waals surface area contributed by atoms with Crippen LogP contribution in [0.2, 0.25) is 0 Å². The van der Waals surface area contributed by atoms with E-state index in [4.69, 9.17) is 0 Å². The quantitative estimate of drug-likeness (QED) is 0.885. The SMILES string of the molecule is Cc1nn(C)c2nc(NCC[C@H]3CCCCN3S(C)(=O)=O)sc12. The first kappa shape index (κ1) is 16.7. The van der Waals surface area contributed by atoms with Crippen molar-refractivity contribution in [2.75, 3.05) is 24.7 Å². The molecular weight excluding hydrogens is 334 g/mol. The van der Waals surface area contributed by atoms with Gasteiger partial charge in [0, 0.05) is 26.2 Å². The number of aryl methyl sites for hydroxylation is 2. The highest BCUT2D eigenvalue weighted by molar-refractivity contribution is 7.88. The predicted molar refractivity (Wildman–Crippen MR) is 93.4 cm³/mol. The third kappa shape index (κ3) is 3.51. The van der Waals surface area contributed by atoms with Gasteiger partial charge in [-0.15, -0.1) is 0 Å². The van der Waals surface area contributed by atoms with Crippen LogP contribution in [0.25, 0.3) is 10.3 Å². The molecule has 3 rings (SSSR count). The molecule has 0 aliphatic carbocycles. The molecule has 1 aliphatic heterocycles. The maximum atomic E-state index is 11.9. The van der Waals surface area contributed by atoms with Crippen LogP contribution in [0.15, 0.2) is 0 Å². The van der Waals surface area contributed by atoms with Crippen LogP contribution in [0.4, 0.5) is 5.13 Å². The highest BCUT2D eigenvalue weighted by Gasteiger charge is 2.28. The molecule has 0 aromatic carbocycles. The van der Waals surface area contributed by atoms with Crippen LogP contribution in [0, 0.1) is 6.92 Å². The number of nitrogens with one attached hydrogen (secondary N) is 1. The van der Waals surface area contributed by atoms with Gasteiger partial charge in [0.2, 0.25) is 10.0 Å². The Balaban J connectivity index is 1.62. The van der Waals surface area contributed by atoms with E-state index in [0.29, 0.717) is 6.54 Å². The minimum Gasteiger partial charge on any atom is -0.361 e. The van der Waals surface area contributed by atoms with Crippen molar-refractivity contribution in [3.05, 3.63) is 5.69 Å². The Bertz CT molecular complexity index is 761. The van der Waals surface area contributed by atoms with Gasteiger partial charge in [-0.05, 0) is 26.2 Å². The Morgan fingerprint density at radius 3 is 2.87 bits per heavy atom. The zero-order chi connectivity index (χ0) is 16.6.